The van der Waals surface area contributed by atoms with Crippen LogP contribution in [-0.4, -0.2) is 6.61 Å². The highest BCUT2D eigenvalue weighted by Crippen LogP contribution is 2.30. The molecule has 0 saturated heterocycles. The molecule has 17 heavy (non-hydrogen) atoms. The first-order valence-corrected chi connectivity index (χ1v) is 5.84. The van der Waals surface area contributed by atoms with E-state index in [1.807, 2.05) is 6.07 Å². The van der Waals surface area contributed by atoms with Gasteiger partial charge in [-0.25, -0.2) is 4.39 Å². The Bertz CT molecular complexity index is 531. The molecule has 2 aromatic carbocycles. The van der Waals surface area contributed by atoms with Gasteiger partial charge in [0.05, 0.1) is 6.61 Å². The average Bonchev–Trinajstić information content (AvgIpc) is 2.39. The van der Waals surface area contributed by atoms with Gasteiger partial charge in [-0.15, -0.1) is 0 Å². The van der Waals surface area contributed by atoms with Crippen LogP contribution in [0.4, 0.5) is 4.39 Å². The quantitative estimate of drug-likeness (QED) is 0.721. The molecule has 0 spiro atoms. The summed E-state index contributed by atoms with van der Waals surface area (Å²) in [6.45, 7) is 0.792. The first-order chi connectivity index (χ1) is 8.33. The number of halogens is 1. The fourth-order valence-electron chi connectivity index (χ4n) is 2.16. The first-order valence-electron chi connectivity index (χ1n) is 5.84. The third-order valence-electron chi connectivity index (χ3n) is 3.09. The van der Waals surface area contributed by atoms with Crippen molar-refractivity contribution in [1.29, 1.82) is 0 Å². The van der Waals surface area contributed by atoms with Crippen LogP contribution < -0.4 is 4.74 Å². The number of benzene rings is 2. The molecule has 0 N–H and O–H groups in total. The molecule has 0 radical (unpaired) electrons. The zero-order chi connectivity index (χ0) is 11.7. The zero-order valence-corrected chi connectivity index (χ0v) is 9.45. The molecule has 0 atom stereocenters. The summed E-state index contributed by atoms with van der Waals surface area (Å²) >= 11 is 0. The number of fused-ring (bicyclic) bond motifs is 1. The number of ether oxygens (including phenoxy) is 1. The van der Waals surface area contributed by atoms with Gasteiger partial charge < -0.3 is 4.74 Å². The molecule has 0 aliphatic carbocycles. The Morgan fingerprint density at radius 3 is 2.53 bits per heavy atom. The van der Waals surface area contributed by atoms with E-state index in [0.717, 1.165) is 36.3 Å². The first kappa shape index (κ1) is 10.3. The highest BCUT2D eigenvalue weighted by Gasteiger charge is 2.11. The minimum absolute atomic E-state index is 0.206. The van der Waals surface area contributed by atoms with Crippen LogP contribution in [0.1, 0.15) is 12.0 Å². The lowest BCUT2D eigenvalue weighted by Gasteiger charge is -2.18. The Morgan fingerprint density at radius 1 is 0.941 bits per heavy atom. The van der Waals surface area contributed by atoms with Gasteiger partial charge in [0, 0.05) is 0 Å². The van der Waals surface area contributed by atoms with E-state index in [-0.39, 0.29) is 5.82 Å². The van der Waals surface area contributed by atoms with E-state index in [1.54, 1.807) is 12.1 Å². The lowest BCUT2D eigenvalue weighted by atomic mass is 10.00. The fourth-order valence-corrected chi connectivity index (χ4v) is 2.16. The van der Waals surface area contributed by atoms with Gasteiger partial charge in [0.1, 0.15) is 11.6 Å². The Labute approximate surface area is 99.9 Å². The normalized spacial score (nSPS) is 13.9. The zero-order valence-electron chi connectivity index (χ0n) is 9.45. The second kappa shape index (κ2) is 4.21. The molecule has 1 aliphatic heterocycles. The fraction of sp³-hybridized carbons (Fsp3) is 0.200. The summed E-state index contributed by atoms with van der Waals surface area (Å²) in [5.41, 5.74) is 3.36. The molecule has 0 amide bonds. The third-order valence-corrected chi connectivity index (χ3v) is 3.09. The summed E-state index contributed by atoms with van der Waals surface area (Å²) in [5, 5.41) is 0. The van der Waals surface area contributed by atoms with E-state index in [2.05, 4.69) is 12.1 Å². The number of hydrogen-bond acceptors (Lipinski definition) is 1. The van der Waals surface area contributed by atoms with Gasteiger partial charge >= 0.3 is 0 Å². The molecule has 0 fully saturated rings. The Morgan fingerprint density at radius 2 is 1.71 bits per heavy atom. The molecular weight excluding hydrogens is 215 g/mol. The standard InChI is InChI=1S/C15H13FO/c16-14-7-5-11(6-8-14)13-4-3-12-2-1-9-17-15(12)10-13/h3-8,10H,1-2,9H2. The van der Waals surface area contributed by atoms with Crippen LogP contribution in [0, 0.1) is 5.82 Å². The number of rotatable bonds is 1. The molecule has 1 aliphatic rings. The van der Waals surface area contributed by atoms with E-state index in [9.17, 15) is 4.39 Å². The molecule has 1 heterocycles. The van der Waals surface area contributed by atoms with E-state index in [4.69, 9.17) is 4.74 Å². The summed E-state index contributed by atoms with van der Waals surface area (Å²) in [6.07, 6.45) is 2.17. The summed E-state index contributed by atoms with van der Waals surface area (Å²) in [7, 11) is 0. The lowest BCUT2D eigenvalue weighted by molar-refractivity contribution is 0.288. The van der Waals surface area contributed by atoms with Crippen LogP contribution in [0.15, 0.2) is 42.5 Å². The van der Waals surface area contributed by atoms with E-state index >= 15 is 0 Å². The van der Waals surface area contributed by atoms with Crippen molar-refractivity contribution in [1.82, 2.24) is 0 Å². The van der Waals surface area contributed by atoms with Crippen LogP contribution in [0.25, 0.3) is 11.1 Å². The molecule has 0 unspecified atom stereocenters. The predicted molar refractivity (Wildman–Crippen MR) is 65.7 cm³/mol. The molecule has 2 aromatic rings. The maximum Gasteiger partial charge on any atom is 0.123 e. The maximum absolute atomic E-state index is 12.9. The molecule has 0 bridgehead atoms. The minimum atomic E-state index is -0.206. The lowest BCUT2D eigenvalue weighted by Crippen LogP contribution is -2.07. The van der Waals surface area contributed by atoms with Crippen molar-refractivity contribution in [3.63, 3.8) is 0 Å². The number of hydrogen-bond donors (Lipinski definition) is 0. The molecule has 3 rings (SSSR count). The monoisotopic (exact) mass is 228 g/mol. The van der Waals surface area contributed by atoms with Crippen molar-refractivity contribution in [2.45, 2.75) is 12.8 Å². The Balaban J connectivity index is 2.01. The van der Waals surface area contributed by atoms with Gasteiger partial charge in [-0.1, -0.05) is 24.3 Å². The third kappa shape index (κ3) is 2.03. The topological polar surface area (TPSA) is 9.23 Å². The minimum Gasteiger partial charge on any atom is -0.493 e. The van der Waals surface area contributed by atoms with E-state index in [0.29, 0.717) is 0 Å². The van der Waals surface area contributed by atoms with Crippen molar-refractivity contribution < 1.29 is 9.13 Å². The van der Waals surface area contributed by atoms with Crippen LogP contribution in [0.5, 0.6) is 5.75 Å². The predicted octanol–water partition coefficient (Wildman–Crippen LogP) is 3.82. The van der Waals surface area contributed by atoms with Gasteiger partial charge in [0.2, 0.25) is 0 Å². The Kier molecular flexibility index (Phi) is 2.56. The van der Waals surface area contributed by atoms with Crippen LogP contribution >= 0.6 is 0 Å². The molecule has 1 nitrogen and oxygen atoms in total. The SMILES string of the molecule is Fc1ccc(-c2ccc3c(c2)OCCC3)cc1. The van der Waals surface area contributed by atoms with Crippen molar-refractivity contribution in [2.75, 3.05) is 6.61 Å². The van der Waals surface area contributed by atoms with Gasteiger partial charge in [-0.3, -0.25) is 0 Å². The maximum atomic E-state index is 12.9. The summed E-state index contributed by atoms with van der Waals surface area (Å²) in [6, 6.07) is 12.8. The van der Waals surface area contributed by atoms with Gasteiger partial charge in [-0.05, 0) is 47.7 Å². The van der Waals surface area contributed by atoms with E-state index in [1.165, 1.54) is 17.7 Å². The van der Waals surface area contributed by atoms with Crippen LogP contribution in [-0.2, 0) is 6.42 Å². The largest absolute Gasteiger partial charge is 0.493 e. The highest BCUT2D eigenvalue weighted by atomic mass is 19.1. The summed E-state index contributed by atoms with van der Waals surface area (Å²) in [5.74, 6) is 0.765. The van der Waals surface area contributed by atoms with Gasteiger partial charge in [-0.2, -0.15) is 0 Å². The van der Waals surface area contributed by atoms with Crippen molar-refractivity contribution >= 4 is 0 Å². The summed E-state index contributed by atoms with van der Waals surface area (Å²) < 4.78 is 18.5. The van der Waals surface area contributed by atoms with Crippen LogP contribution in [0.3, 0.4) is 0 Å². The second-order valence-corrected chi connectivity index (χ2v) is 4.28. The average molecular weight is 228 g/mol. The molecule has 0 saturated carbocycles. The smallest absolute Gasteiger partial charge is 0.123 e. The van der Waals surface area contributed by atoms with Gasteiger partial charge in [0.25, 0.3) is 0 Å². The molecular formula is C15H13FO. The summed E-state index contributed by atoms with van der Waals surface area (Å²) in [4.78, 5) is 0. The second-order valence-electron chi connectivity index (χ2n) is 4.28. The number of aryl methyl sites for hydroxylation is 1. The molecule has 0 aromatic heterocycles. The van der Waals surface area contributed by atoms with Gasteiger partial charge in [0.15, 0.2) is 0 Å². The highest BCUT2D eigenvalue weighted by molar-refractivity contribution is 5.66. The van der Waals surface area contributed by atoms with Crippen molar-refractivity contribution in [2.24, 2.45) is 0 Å². The van der Waals surface area contributed by atoms with Crippen molar-refractivity contribution in [3.8, 4) is 16.9 Å². The Hall–Kier alpha value is -1.83. The molecule has 2 heteroatoms. The van der Waals surface area contributed by atoms with E-state index < -0.39 is 0 Å². The van der Waals surface area contributed by atoms with Crippen molar-refractivity contribution in [3.05, 3.63) is 53.8 Å². The molecule has 86 valence electrons. The van der Waals surface area contributed by atoms with Crippen LogP contribution in [0.2, 0.25) is 0 Å².